The molecule has 1 aliphatic heterocycles. The Morgan fingerprint density at radius 2 is 2.19 bits per heavy atom. The third-order valence-electron chi connectivity index (χ3n) is 3.19. The van der Waals surface area contributed by atoms with Crippen LogP contribution in [0.25, 0.3) is 11.0 Å². The first-order valence-electron chi connectivity index (χ1n) is 5.44. The maximum absolute atomic E-state index is 11.2. The fourth-order valence-corrected chi connectivity index (χ4v) is 2.25. The minimum atomic E-state index is -0.0234. The Kier molecular flexibility index (Phi) is 1.84. The molecule has 16 heavy (non-hydrogen) atoms. The van der Waals surface area contributed by atoms with Crippen molar-refractivity contribution < 1.29 is 9.21 Å². The normalized spacial score (nSPS) is 14.5. The maximum atomic E-state index is 11.2. The number of nitrogens with zero attached hydrogens (tertiary/aromatic N) is 1. The maximum Gasteiger partial charge on any atom is 0.194 e. The van der Waals surface area contributed by atoms with Gasteiger partial charge in [-0.3, -0.25) is 4.79 Å². The van der Waals surface area contributed by atoms with Crippen molar-refractivity contribution in [2.45, 2.75) is 13.3 Å². The quantitative estimate of drug-likeness (QED) is 0.686. The molecule has 0 amide bonds. The second-order valence-corrected chi connectivity index (χ2v) is 4.36. The molecule has 2 heterocycles. The van der Waals surface area contributed by atoms with Crippen molar-refractivity contribution in [3.8, 4) is 0 Å². The van der Waals surface area contributed by atoms with Crippen LogP contribution in [0.15, 0.2) is 22.6 Å². The summed E-state index contributed by atoms with van der Waals surface area (Å²) in [6.07, 6.45) is 1.05. The van der Waals surface area contributed by atoms with Crippen molar-refractivity contribution in [3.63, 3.8) is 0 Å². The number of benzene rings is 1. The molecule has 0 N–H and O–H groups in total. The number of likely N-dealkylation sites (N-methyl/N-ethyl adjacent to an activating group) is 1. The van der Waals surface area contributed by atoms with Crippen LogP contribution in [0.1, 0.15) is 23.0 Å². The molecule has 0 unspecified atom stereocenters. The summed E-state index contributed by atoms with van der Waals surface area (Å²) in [7, 11) is 2.09. The number of hydrogen-bond acceptors (Lipinski definition) is 3. The zero-order valence-corrected chi connectivity index (χ0v) is 9.41. The Morgan fingerprint density at radius 3 is 2.94 bits per heavy atom. The molecule has 0 saturated heterocycles. The molecule has 3 rings (SSSR count). The van der Waals surface area contributed by atoms with Gasteiger partial charge in [-0.15, -0.1) is 0 Å². The van der Waals surface area contributed by atoms with Gasteiger partial charge in [-0.2, -0.15) is 0 Å². The summed E-state index contributed by atoms with van der Waals surface area (Å²) in [5.41, 5.74) is 3.38. The largest absolute Gasteiger partial charge is 0.453 e. The molecule has 0 fully saturated rings. The number of carbonyl (C=O) groups excluding carboxylic acids is 1. The van der Waals surface area contributed by atoms with Gasteiger partial charge in [0.2, 0.25) is 0 Å². The van der Waals surface area contributed by atoms with E-state index >= 15 is 0 Å². The molecule has 0 bridgehead atoms. The van der Waals surface area contributed by atoms with Crippen molar-refractivity contribution in [1.82, 2.24) is 0 Å². The number of carbonyl (C=O) groups is 1. The average Bonchev–Trinajstić information content (AvgIpc) is 2.80. The molecule has 0 atom stereocenters. The summed E-state index contributed by atoms with van der Waals surface area (Å²) < 4.78 is 5.52. The lowest BCUT2D eigenvalue weighted by atomic mass is 10.1. The van der Waals surface area contributed by atoms with Gasteiger partial charge < -0.3 is 9.32 Å². The summed E-state index contributed by atoms with van der Waals surface area (Å²) in [6, 6.07) is 5.98. The lowest BCUT2D eigenvalue weighted by Crippen LogP contribution is -2.12. The Morgan fingerprint density at radius 1 is 1.38 bits per heavy atom. The molecule has 0 radical (unpaired) electrons. The molecule has 2 aromatic rings. The minimum absolute atomic E-state index is 0.0234. The smallest absolute Gasteiger partial charge is 0.194 e. The molecule has 1 aromatic carbocycles. The lowest BCUT2D eigenvalue weighted by Gasteiger charge is -2.10. The van der Waals surface area contributed by atoms with Gasteiger partial charge >= 0.3 is 0 Å². The van der Waals surface area contributed by atoms with Crippen LogP contribution < -0.4 is 4.90 Å². The molecular weight excluding hydrogens is 202 g/mol. The Bertz CT molecular complexity index is 583. The zero-order chi connectivity index (χ0) is 11.3. The van der Waals surface area contributed by atoms with Crippen molar-refractivity contribution in [2.75, 3.05) is 18.5 Å². The standard InChI is InChI=1S/C13H13NO2/c1-8(15)12-7-10-5-11-9(3-4-14(11)2)6-13(10)16-12/h5-7H,3-4H2,1-2H3. The lowest BCUT2D eigenvalue weighted by molar-refractivity contribution is 0.0989. The highest BCUT2D eigenvalue weighted by Crippen LogP contribution is 2.32. The molecule has 1 aromatic heterocycles. The zero-order valence-electron chi connectivity index (χ0n) is 9.41. The highest BCUT2D eigenvalue weighted by molar-refractivity contribution is 5.97. The topological polar surface area (TPSA) is 33.5 Å². The number of ketones is 1. The van der Waals surface area contributed by atoms with Gasteiger partial charge in [0.15, 0.2) is 11.5 Å². The van der Waals surface area contributed by atoms with Gasteiger partial charge in [0.05, 0.1) is 0 Å². The van der Waals surface area contributed by atoms with Crippen molar-refractivity contribution >= 4 is 22.4 Å². The van der Waals surface area contributed by atoms with Crippen LogP contribution in [-0.2, 0) is 6.42 Å². The molecule has 1 aliphatic rings. The van der Waals surface area contributed by atoms with Crippen molar-refractivity contribution in [2.24, 2.45) is 0 Å². The van der Waals surface area contributed by atoms with E-state index in [1.165, 1.54) is 18.2 Å². The van der Waals surface area contributed by atoms with Crippen LogP contribution in [0.5, 0.6) is 0 Å². The first-order chi connectivity index (χ1) is 7.65. The monoisotopic (exact) mass is 215 g/mol. The van der Waals surface area contributed by atoms with E-state index in [0.717, 1.165) is 23.9 Å². The van der Waals surface area contributed by atoms with E-state index < -0.39 is 0 Å². The molecule has 0 saturated carbocycles. The molecular formula is C13H13NO2. The first-order valence-corrected chi connectivity index (χ1v) is 5.44. The predicted molar refractivity (Wildman–Crippen MR) is 63.2 cm³/mol. The van der Waals surface area contributed by atoms with Crippen molar-refractivity contribution in [1.29, 1.82) is 0 Å². The molecule has 82 valence electrons. The number of furan rings is 1. The molecule has 3 heteroatoms. The average molecular weight is 215 g/mol. The predicted octanol–water partition coefficient (Wildman–Crippen LogP) is 2.63. The number of rotatable bonds is 1. The van der Waals surface area contributed by atoms with Crippen LogP contribution in [-0.4, -0.2) is 19.4 Å². The van der Waals surface area contributed by atoms with Gasteiger partial charge in [-0.25, -0.2) is 0 Å². The van der Waals surface area contributed by atoms with Crippen LogP contribution >= 0.6 is 0 Å². The van der Waals surface area contributed by atoms with Gasteiger partial charge in [0.25, 0.3) is 0 Å². The fraction of sp³-hybridized carbons (Fsp3) is 0.308. The van der Waals surface area contributed by atoms with E-state index in [1.807, 2.05) is 6.07 Å². The van der Waals surface area contributed by atoms with Crippen LogP contribution in [0.2, 0.25) is 0 Å². The Hall–Kier alpha value is -1.77. The van der Waals surface area contributed by atoms with Crippen molar-refractivity contribution in [3.05, 3.63) is 29.5 Å². The van der Waals surface area contributed by atoms with E-state index in [-0.39, 0.29) is 5.78 Å². The number of Topliss-reactive ketones (excluding diaryl/α,β-unsaturated/α-hetero) is 1. The van der Waals surface area contributed by atoms with Gasteiger partial charge in [-0.05, 0) is 30.2 Å². The van der Waals surface area contributed by atoms with E-state index in [2.05, 4.69) is 24.1 Å². The SMILES string of the molecule is CC(=O)c1cc2cc3c(cc2o1)CCN3C. The summed E-state index contributed by atoms with van der Waals surface area (Å²) in [4.78, 5) is 13.5. The second-order valence-electron chi connectivity index (χ2n) is 4.36. The van der Waals surface area contributed by atoms with E-state index in [9.17, 15) is 4.79 Å². The van der Waals surface area contributed by atoms with Gasteiger partial charge in [0, 0.05) is 31.6 Å². The van der Waals surface area contributed by atoms with Gasteiger partial charge in [0.1, 0.15) is 5.58 Å². The van der Waals surface area contributed by atoms with E-state index in [4.69, 9.17) is 4.42 Å². The Labute approximate surface area is 93.6 Å². The second kappa shape index (κ2) is 3.11. The third kappa shape index (κ3) is 1.24. The minimum Gasteiger partial charge on any atom is -0.453 e. The highest BCUT2D eigenvalue weighted by atomic mass is 16.3. The summed E-state index contributed by atoms with van der Waals surface area (Å²) in [6.45, 7) is 2.58. The van der Waals surface area contributed by atoms with E-state index in [1.54, 1.807) is 0 Å². The summed E-state index contributed by atoms with van der Waals surface area (Å²) >= 11 is 0. The summed E-state index contributed by atoms with van der Waals surface area (Å²) in [5, 5.41) is 1.01. The molecule has 0 aliphatic carbocycles. The highest BCUT2D eigenvalue weighted by Gasteiger charge is 2.18. The summed E-state index contributed by atoms with van der Waals surface area (Å²) in [5.74, 6) is 0.422. The third-order valence-corrected chi connectivity index (χ3v) is 3.19. The molecule has 0 spiro atoms. The Balaban J connectivity index is 2.23. The number of hydrogen-bond donors (Lipinski definition) is 0. The number of anilines is 1. The van der Waals surface area contributed by atoms with Gasteiger partial charge in [-0.1, -0.05) is 0 Å². The fourth-order valence-electron chi connectivity index (χ4n) is 2.25. The van der Waals surface area contributed by atoms with Crippen LogP contribution in [0, 0.1) is 0 Å². The molecule has 3 nitrogen and oxygen atoms in total. The first kappa shape index (κ1) is 9.46. The number of fused-ring (bicyclic) bond motifs is 2. The van der Waals surface area contributed by atoms with Crippen LogP contribution in [0.3, 0.4) is 0 Å². The van der Waals surface area contributed by atoms with Crippen LogP contribution in [0.4, 0.5) is 5.69 Å². The van der Waals surface area contributed by atoms with E-state index in [0.29, 0.717) is 5.76 Å².